The van der Waals surface area contributed by atoms with E-state index >= 15 is 0 Å². The van der Waals surface area contributed by atoms with Crippen molar-refractivity contribution in [2.24, 2.45) is 0 Å². The molecule has 1 aliphatic heterocycles. The number of rotatable bonds is 0. The van der Waals surface area contributed by atoms with E-state index in [0.29, 0.717) is 0 Å². The summed E-state index contributed by atoms with van der Waals surface area (Å²) in [6.45, 7) is 0. The minimum Gasteiger partial charge on any atom is -0.284 e. The highest BCUT2D eigenvalue weighted by Crippen LogP contribution is 2.22. The van der Waals surface area contributed by atoms with Gasteiger partial charge in [-0.05, 0) is 12.1 Å². The summed E-state index contributed by atoms with van der Waals surface area (Å²) in [4.78, 5) is 0. The molecule has 1 aliphatic rings. The maximum Gasteiger partial charge on any atom is 0.0628 e. The van der Waals surface area contributed by atoms with Gasteiger partial charge in [0.25, 0.3) is 0 Å². The molecule has 1 aromatic carbocycles. The Morgan fingerprint density at radius 1 is 1.27 bits per heavy atom. The molecular formula is C8H7ClN2. The highest BCUT2D eigenvalue weighted by Gasteiger charge is 2.04. The molecule has 0 aliphatic carbocycles. The van der Waals surface area contributed by atoms with E-state index in [-0.39, 0.29) is 0 Å². The van der Waals surface area contributed by atoms with Gasteiger partial charge < -0.3 is 0 Å². The van der Waals surface area contributed by atoms with E-state index in [1.165, 1.54) is 4.53 Å². The molecule has 0 amide bonds. The van der Waals surface area contributed by atoms with E-state index in [9.17, 15) is 0 Å². The zero-order chi connectivity index (χ0) is 7.68. The largest absolute Gasteiger partial charge is 0.284 e. The van der Waals surface area contributed by atoms with Crippen molar-refractivity contribution >= 4 is 23.5 Å². The van der Waals surface area contributed by atoms with Gasteiger partial charge >= 0.3 is 0 Å². The van der Waals surface area contributed by atoms with Crippen LogP contribution in [0.4, 0.5) is 5.69 Å². The minimum atomic E-state index is 1.03. The molecule has 0 saturated carbocycles. The van der Waals surface area contributed by atoms with Crippen LogP contribution in [0.3, 0.4) is 0 Å². The molecule has 0 fully saturated rings. The Balaban J connectivity index is 2.46. The molecule has 0 atom stereocenters. The number of nitrogens with zero attached hydrogens (tertiary/aromatic N) is 1. The van der Waals surface area contributed by atoms with Crippen LogP contribution in [0.2, 0.25) is 0 Å². The van der Waals surface area contributed by atoms with E-state index in [0.717, 1.165) is 11.3 Å². The van der Waals surface area contributed by atoms with Crippen molar-refractivity contribution in [2.75, 3.05) is 5.43 Å². The van der Waals surface area contributed by atoms with Crippen LogP contribution in [-0.4, -0.2) is 4.53 Å². The molecule has 0 aromatic heterocycles. The summed E-state index contributed by atoms with van der Waals surface area (Å²) in [6.07, 6.45) is 3.72. The van der Waals surface area contributed by atoms with Gasteiger partial charge in [0.15, 0.2) is 0 Å². The maximum absolute atomic E-state index is 5.68. The minimum absolute atomic E-state index is 1.03. The summed E-state index contributed by atoms with van der Waals surface area (Å²) >= 11 is 5.68. The van der Waals surface area contributed by atoms with Crippen LogP contribution >= 0.6 is 11.8 Å². The summed E-state index contributed by atoms with van der Waals surface area (Å²) in [6, 6.07) is 7.97. The lowest BCUT2D eigenvalue weighted by Crippen LogP contribution is -2.16. The number of nitrogens with one attached hydrogen (secondary N) is 1. The van der Waals surface area contributed by atoms with Gasteiger partial charge in [-0.15, -0.1) is 0 Å². The monoisotopic (exact) mass is 166 g/mol. The number of hydrazine groups is 1. The Kier molecular flexibility index (Phi) is 1.47. The molecule has 1 aromatic rings. The van der Waals surface area contributed by atoms with Gasteiger partial charge in [0.05, 0.1) is 5.69 Å². The summed E-state index contributed by atoms with van der Waals surface area (Å²) in [5.41, 5.74) is 5.16. The highest BCUT2D eigenvalue weighted by molar-refractivity contribution is 6.15. The number of hydrogen-bond acceptors (Lipinski definition) is 2. The van der Waals surface area contributed by atoms with Crippen LogP contribution in [0.1, 0.15) is 5.56 Å². The van der Waals surface area contributed by atoms with Gasteiger partial charge in [0, 0.05) is 23.5 Å². The summed E-state index contributed by atoms with van der Waals surface area (Å²) in [5, 5.41) is 0. The van der Waals surface area contributed by atoms with E-state index < -0.39 is 0 Å². The number of halogens is 1. The average Bonchev–Trinajstić information content (AvgIpc) is 2.04. The molecule has 0 bridgehead atoms. The Morgan fingerprint density at radius 2 is 2.09 bits per heavy atom. The molecule has 2 nitrogen and oxygen atoms in total. The third kappa shape index (κ3) is 1.17. The number of para-hydroxylation sites is 1. The van der Waals surface area contributed by atoms with Crippen LogP contribution in [0, 0.1) is 0 Å². The Morgan fingerprint density at radius 3 is 3.00 bits per heavy atom. The fraction of sp³-hybridized carbons (Fsp3) is 0. The van der Waals surface area contributed by atoms with Crippen molar-refractivity contribution in [1.82, 2.24) is 4.53 Å². The topological polar surface area (TPSA) is 15.3 Å². The van der Waals surface area contributed by atoms with Crippen LogP contribution < -0.4 is 5.43 Å². The van der Waals surface area contributed by atoms with Gasteiger partial charge in [0.2, 0.25) is 0 Å². The van der Waals surface area contributed by atoms with Crippen molar-refractivity contribution in [2.45, 2.75) is 0 Å². The van der Waals surface area contributed by atoms with Crippen LogP contribution in [0.5, 0.6) is 0 Å². The van der Waals surface area contributed by atoms with Crippen LogP contribution in [0.15, 0.2) is 30.5 Å². The van der Waals surface area contributed by atoms with E-state index in [4.69, 9.17) is 11.8 Å². The zero-order valence-electron chi connectivity index (χ0n) is 5.79. The second-order valence-electron chi connectivity index (χ2n) is 2.33. The fourth-order valence-corrected chi connectivity index (χ4v) is 1.19. The van der Waals surface area contributed by atoms with Crippen LogP contribution in [-0.2, 0) is 0 Å². The third-order valence-electron chi connectivity index (χ3n) is 1.57. The van der Waals surface area contributed by atoms with E-state index in [1.807, 2.05) is 30.3 Å². The third-order valence-corrected chi connectivity index (χ3v) is 1.77. The highest BCUT2D eigenvalue weighted by atomic mass is 35.5. The Labute approximate surface area is 70.2 Å². The lowest BCUT2D eigenvalue weighted by molar-refractivity contribution is 0.729. The predicted octanol–water partition coefficient (Wildman–Crippen LogP) is 2.45. The molecular weight excluding hydrogens is 160 g/mol. The standard InChI is InChI=1S/C8H7ClN2/c9-11-6-5-7-3-1-2-4-8(7)10-11/h1-6,10H. The number of hydrogen-bond donors (Lipinski definition) is 1. The first-order valence-corrected chi connectivity index (χ1v) is 3.69. The average molecular weight is 167 g/mol. The first-order valence-electron chi connectivity index (χ1n) is 3.35. The molecule has 1 N–H and O–H groups in total. The van der Waals surface area contributed by atoms with Gasteiger partial charge in [-0.3, -0.25) is 5.43 Å². The first-order chi connectivity index (χ1) is 5.36. The van der Waals surface area contributed by atoms with Gasteiger partial charge in [-0.25, -0.2) is 4.53 Å². The molecule has 0 radical (unpaired) electrons. The first kappa shape index (κ1) is 6.55. The van der Waals surface area contributed by atoms with Gasteiger partial charge in [0.1, 0.15) is 0 Å². The Hall–Kier alpha value is -1.15. The quantitative estimate of drug-likeness (QED) is 0.596. The molecule has 0 saturated heterocycles. The van der Waals surface area contributed by atoms with Gasteiger partial charge in [-0.2, -0.15) is 0 Å². The molecule has 56 valence electrons. The SMILES string of the molecule is ClN1C=Cc2ccccc2N1. The summed E-state index contributed by atoms with van der Waals surface area (Å²) < 4.78 is 1.41. The maximum atomic E-state index is 5.68. The molecule has 1 heterocycles. The second-order valence-corrected chi connectivity index (χ2v) is 2.69. The second kappa shape index (κ2) is 2.47. The van der Waals surface area contributed by atoms with Crippen molar-refractivity contribution in [3.63, 3.8) is 0 Å². The normalized spacial score (nSPS) is 14.1. The van der Waals surface area contributed by atoms with Crippen molar-refractivity contribution in [3.05, 3.63) is 36.0 Å². The zero-order valence-corrected chi connectivity index (χ0v) is 6.55. The molecule has 3 heteroatoms. The fourth-order valence-electron chi connectivity index (χ4n) is 1.04. The summed E-state index contributed by atoms with van der Waals surface area (Å²) in [5.74, 6) is 0. The van der Waals surface area contributed by atoms with Crippen molar-refractivity contribution < 1.29 is 0 Å². The van der Waals surface area contributed by atoms with Crippen molar-refractivity contribution in [1.29, 1.82) is 0 Å². The Bertz CT molecular complexity index is 296. The smallest absolute Gasteiger partial charge is 0.0628 e. The number of anilines is 1. The van der Waals surface area contributed by atoms with Crippen LogP contribution in [0.25, 0.3) is 6.08 Å². The molecule has 11 heavy (non-hydrogen) atoms. The lowest BCUT2D eigenvalue weighted by Gasteiger charge is -2.19. The van der Waals surface area contributed by atoms with E-state index in [2.05, 4.69) is 5.43 Å². The van der Waals surface area contributed by atoms with Crippen molar-refractivity contribution in [3.8, 4) is 0 Å². The summed E-state index contributed by atoms with van der Waals surface area (Å²) in [7, 11) is 0. The number of fused-ring (bicyclic) bond motifs is 1. The molecule has 2 rings (SSSR count). The lowest BCUT2D eigenvalue weighted by atomic mass is 10.1. The molecule has 0 spiro atoms. The van der Waals surface area contributed by atoms with Gasteiger partial charge in [-0.1, -0.05) is 18.2 Å². The number of benzene rings is 1. The van der Waals surface area contributed by atoms with E-state index in [1.54, 1.807) is 6.20 Å². The predicted molar refractivity (Wildman–Crippen MR) is 46.8 cm³/mol. The molecule has 0 unspecified atom stereocenters.